The maximum Gasteiger partial charge on any atom is 0.218 e. The van der Waals surface area contributed by atoms with Gasteiger partial charge in [0, 0.05) is 38.6 Å². The monoisotopic (exact) mass is 408 g/mol. The Morgan fingerprint density at radius 3 is 2.81 bits per heavy atom. The molecule has 0 saturated carbocycles. The fraction of sp³-hybridized carbons (Fsp3) is 0.571. The molecule has 7 heteroatoms. The average Bonchev–Trinajstić information content (AvgIpc) is 2.49. The molecule has 0 atom stereocenters. The van der Waals surface area contributed by atoms with E-state index in [1.165, 1.54) is 0 Å². The minimum Gasteiger partial charge on any atom is -0.481 e. The fourth-order valence-corrected chi connectivity index (χ4v) is 1.66. The Morgan fingerprint density at radius 1 is 1.33 bits per heavy atom. The van der Waals surface area contributed by atoms with Gasteiger partial charge in [-0.2, -0.15) is 0 Å². The van der Waals surface area contributed by atoms with Gasteiger partial charge in [0.15, 0.2) is 5.96 Å². The van der Waals surface area contributed by atoms with Crippen molar-refractivity contribution in [2.45, 2.75) is 19.9 Å². The van der Waals surface area contributed by atoms with E-state index in [9.17, 15) is 0 Å². The number of guanidine groups is 1. The molecule has 2 N–H and O–H groups in total. The molecule has 0 radical (unpaired) electrons. The summed E-state index contributed by atoms with van der Waals surface area (Å²) in [6.07, 6.45) is 2.65. The maximum atomic E-state index is 5.21. The third-order valence-corrected chi connectivity index (χ3v) is 2.61. The van der Waals surface area contributed by atoms with E-state index >= 15 is 0 Å². The van der Waals surface area contributed by atoms with Gasteiger partial charge in [0.25, 0.3) is 0 Å². The Labute approximate surface area is 143 Å². The largest absolute Gasteiger partial charge is 0.481 e. The van der Waals surface area contributed by atoms with Gasteiger partial charge in [0.05, 0.1) is 13.7 Å². The minimum absolute atomic E-state index is 0. The Hall–Kier alpha value is -1.09. The van der Waals surface area contributed by atoms with Crippen molar-refractivity contribution in [2.75, 3.05) is 33.9 Å². The minimum atomic E-state index is 0. The van der Waals surface area contributed by atoms with Crippen LogP contribution in [0.5, 0.6) is 5.88 Å². The Bertz CT molecular complexity index is 416. The van der Waals surface area contributed by atoms with Gasteiger partial charge in [0.2, 0.25) is 5.88 Å². The molecule has 6 nitrogen and oxygen atoms in total. The standard InChI is InChI=1S/C14H24N4O2.HI/c1-4-15-14(17-9-6-10-19-2)18-11-12-7-5-8-16-13(12)20-3;/h5,7-8H,4,6,9-11H2,1-3H3,(H2,15,17,18);1H. The van der Waals surface area contributed by atoms with Crippen LogP contribution >= 0.6 is 24.0 Å². The number of ether oxygens (including phenoxy) is 2. The second-order valence-corrected chi connectivity index (χ2v) is 4.14. The zero-order chi connectivity index (χ0) is 14.6. The predicted molar refractivity (Wildman–Crippen MR) is 95.5 cm³/mol. The first-order chi connectivity index (χ1) is 9.81. The number of halogens is 1. The van der Waals surface area contributed by atoms with E-state index in [-0.39, 0.29) is 24.0 Å². The topological polar surface area (TPSA) is 67.8 Å². The van der Waals surface area contributed by atoms with Gasteiger partial charge >= 0.3 is 0 Å². The molecular weight excluding hydrogens is 383 g/mol. The highest BCUT2D eigenvalue weighted by molar-refractivity contribution is 14.0. The fourth-order valence-electron chi connectivity index (χ4n) is 1.66. The molecule has 1 rings (SSSR count). The lowest BCUT2D eigenvalue weighted by Crippen LogP contribution is -2.38. The van der Waals surface area contributed by atoms with Crippen molar-refractivity contribution < 1.29 is 9.47 Å². The van der Waals surface area contributed by atoms with E-state index in [1.807, 2.05) is 19.1 Å². The lowest BCUT2D eigenvalue weighted by Gasteiger charge is -2.11. The van der Waals surface area contributed by atoms with Crippen LogP contribution in [0.25, 0.3) is 0 Å². The number of pyridine rings is 1. The van der Waals surface area contributed by atoms with Crippen molar-refractivity contribution in [1.29, 1.82) is 0 Å². The molecule has 0 aromatic carbocycles. The first-order valence-corrected chi connectivity index (χ1v) is 6.80. The number of aromatic nitrogens is 1. The van der Waals surface area contributed by atoms with Crippen LogP contribution in [0.15, 0.2) is 23.3 Å². The molecule has 1 aromatic heterocycles. The van der Waals surface area contributed by atoms with Gasteiger partial charge in [-0.05, 0) is 19.4 Å². The first-order valence-electron chi connectivity index (χ1n) is 6.80. The van der Waals surface area contributed by atoms with Gasteiger partial charge in [-0.1, -0.05) is 6.07 Å². The van der Waals surface area contributed by atoms with Crippen LogP contribution in [0.4, 0.5) is 0 Å². The molecule has 0 bridgehead atoms. The molecular formula is C14H25IN4O2. The van der Waals surface area contributed by atoms with E-state index in [2.05, 4.69) is 20.6 Å². The summed E-state index contributed by atoms with van der Waals surface area (Å²) in [6.45, 7) is 4.95. The summed E-state index contributed by atoms with van der Waals surface area (Å²) in [5.74, 6) is 1.40. The molecule has 1 aromatic rings. The van der Waals surface area contributed by atoms with Crippen LogP contribution in [0, 0.1) is 0 Å². The molecule has 0 amide bonds. The van der Waals surface area contributed by atoms with Crippen LogP contribution in [-0.2, 0) is 11.3 Å². The van der Waals surface area contributed by atoms with Gasteiger partial charge in [-0.3, -0.25) is 0 Å². The molecule has 120 valence electrons. The summed E-state index contributed by atoms with van der Waals surface area (Å²) in [6, 6.07) is 3.84. The summed E-state index contributed by atoms with van der Waals surface area (Å²) in [7, 11) is 3.32. The van der Waals surface area contributed by atoms with Crippen LogP contribution in [0.3, 0.4) is 0 Å². The molecule has 0 aliphatic heterocycles. The number of aliphatic imine (C=N–C) groups is 1. The lowest BCUT2D eigenvalue weighted by atomic mass is 10.3. The molecule has 0 aliphatic carbocycles. The summed E-state index contributed by atoms with van der Waals surface area (Å²) < 4.78 is 10.2. The number of hydrogen-bond acceptors (Lipinski definition) is 4. The van der Waals surface area contributed by atoms with Crippen LogP contribution < -0.4 is 15.4 Å². The second-order valence-electron chi connectivity index (χ2n) is 4.14. The van der Waals surface area contributed by atoms with E-state index < -0.39 is 0 Å². The third-order valence-electron chi connectivity index (χ3n) is 2.61. The van der Waals surface area contributed by atoms with E-state index in [1.54, 1.807) is 20.4 Å². The SMILES string of the molecule is CCNC(=NCc1cccnc1OC)NCCCOC.I. The van der Waals surface area contributed by atoms with Crippen LogP contribution in [0.1, 0.15) is 18.9 Å². The molecule has 0 saturated heterocycles. The summed E-state index contributed by atoms with van der Waals surface area (Å²) >= 11 is 0. The lowest BCUT2D eigenvalue weighted by molar-refractivity contribution is 0.195. The van der Waals surface area contributed by atoms with Gasteiger partial charge < -0.3 is 20.1 Å². The molecule has 21 heavy (non-hydrogen) atoms. The van der Waals surface area contributed by atoms with Gasteiger partial charge in [-0.25, -0.2) is 9.98 Å². The number of nitrogens with one attached hydrogen (secondary N) is 2. The Morgan fingerprint density at radius 2 is 2.14 bits per heavy atom. The molecule has 0 spiro atoms. The van der Waals surface area contributed by atoms with Crippen molar-refractivity contribution in [1.82, 2.24) is 15.6 Å². The maximum absolute atomic E-state index is 5.21. The Balaban J connectivity index is 0.00000400. The van der Waals surface area contributed by atoms with E-state index in [0.29, 0.717) is 12.4 Å². The summed E-state index contributed by atoms with van der Waals surface area (Å²) in [4.78, 5) is 8.68. The first kappa shape index (κ1) is 19.9. The van der Waals surface area contributed by atoms with Crippen LogP contribution in [-0.4, -0.2) is 44.9 Å². The number of nitrogens with zero attached hydrogens (tertiary/aromatic N) is 2. The normalized spacial score (nSPS) is 10.7. The highest BCUT2D eigenvalue weighted by Gasteiger charge is 2.03. The zero-order valence-corrected chi connectivity index (χ0v) is 15.2. The third kappa shape index (κ3) is 8.05. The Kier molecular flexibility index (Phi) is 12.0. The van der Waals surface area contributed by atoms with Crippen molar-refractivity contribution in [3.8, 4) is 5.88 Å². The highest BCUT2D eigenvalue weighted by Crippen LogP contribution is 2.14. The van der Waals surface area contributed by atoms with Gasteiger partial charge in [0.1, 0.15) is 0 Å². The highest BCUT2D eigenvalue weighted by atomic mass is 127. The number of methoxy groups -OCH3 is 2. The van der Waals surface area contributed by atoms with Crippen molar-refractivity contribution in [3.63, 3.8) is 0 Å². The predicted octanol–water partition coefficient (Wildman–Crippen LogP) is 1.80. The molecule has 0 fully saturated rings. The summed E-state index contributed by atoms with van der Waals surface area (Å²) in [5.41, 5.74) is 0.962. The molecule has 0 unspecified atom stereocenters. The van der Waals surface area contributed by atoms with Gasteiger partial charge in [-0.15, -0.1) is 24.0 Å². The molecule has 1 heterocycles. The average molecular weight is 408 g/mol. The quantitative estimate of drug-likeness (QED) is 0.297. The zero-order valence-electron chi connectivity index (χ0n) is 12.9. The molecule has 0 aliphatic rings. The van der Waals surface area contributed by atoms with E-state index in [0.717, 1.165) is 37.6 Å². The number of rotatable bonds is 8. The summed E-state index contributed by atoms with van der Waals surface area (Å²) in [5, 5.41) is 6.46. The number of hydrogen-bond donors (Lipinski definition) is 2. The van der Waals surface area contributed by atoms with E-state index in [4.69, 9.17) is 9.47 Å². The van der Waals surface area contributed by atoms with Crippen molar-refractivity contribution in [3.05, 3.63) is 23.9 Å². The van der Waals surface area contributed by atoms with Crippen LogP contribution in [0.2, 0.25) is 0 Å². The second kappa shape index (κ2) is 12.6. The smallest absolute Gasteiger partial charge is 0.218 e. The van der Waals surface area contributed by atoms with Crippen molar-refractivity contribution >= 4 is 29.9 Å². The van der Waals surface area contributed by atoms with Crippen molar-refractivity contribution in [2.24, 2.45) is 4.99 Å².